The van der Waals surface area contributed by atoms with Crippen LogP contribution in [0.15, 0.2) is 36.4 Å². The van der Waals surface area contributed by atoms with E-state index in [0.717, 1.165) is 24.0 Å². The Hall–Kier alpha value is -2.69. The van der Waals surface area contributed by atoms with E-state index < -0.39 is 0 Å². The summed E-state index contributed by atoms with van der Waals surface area (Å²) in [6.45, 7) is 0.405. The second kappa shape index (κ2) is 7.92. The Bertz CT molecular complexity index is 736. The van der Waals surface area contributed by atoms with Crippen molar-refractivity contribution >= 4 is 5.97 Å². The third-order valence-corrected chi connectivity index (χ3v) is 4.15. The maximum atomic E-state index is 11.8. The van der Waals surface area contributed by atoms with Crippen molar-refractivity contribution in [3.63, 3.8) is 0 Å². The molecule has 2 aromatic carbocycles. The summed E-state index contributed by atoms with van der Waals surface area (Å²) in [4.78, 5) is 11.8. The lowest BCUT2D eigenvalue weighted by atomic mass is 10.1. The van der Waals surface area contributed by atoms with Gasteiger partial charge in [-0.2, -0.15) is 0 Å². The van der Waals surface area contributed by atoms with Gasteiger partial charge in [0, 0.05) is 6.42 Å². The summed E-state index contributed by atoms with van der Waals surface area (Å²) in [6, 6.07) is 11.6. The van der Waals surface area contributed by atoms with E-state index in [1.165, 1.54) is 0 Å². The summed E-state index contributed by atoms with van der Waals surface area (Å²) in [5.41, 5.74) is 2.10. The lowest BCUT2D eigenvalue weighted by molar-refractivity contribution is -0.143. The Balaban J connectivity index is 1.98. The molecule has 5 heteroatoms. The number of ether oxygens (including phenoxy) is 4. The van der Waals surface area contributed by atoms with E-state index in [0.29, 0.717) is 42.4 Å². The molecule has 0 saturated carbocycles. The van der Waals surface area contributed by atoms with Crippen LogP contribution < -0.4 is 14.2 Å². The normalized spacial score (nSPS) is 14.7. The molecule has 4 bridgehead atoms. The molecule has 2 aliphatic heterocycles. The molecule has 2 heterocycles. The maximum Gasteiger partial charge on any atom is 0.306 e. The van der Waals surface area contributed by atoms with Crippen molar-refractivity contribution in [2.24, 2.45) is 0 Å². The molecule has 132 valence electrons. The Labute approximate surface area is 147 Å². The van der Waals surface area contributed by atoms with Crippen LogP contribution >= 0.6 is 0 Å². The van der Waals surface area contributed by atoms with Gasteiger partial charge in [-0.25, -0.2) is 0 Å². The number of carbonyl (C=O) groups excluding carboxylic acids is 1. The number of esters is 1. The van der Waals surface area contributed by atoms with Crippen LogP contribution in [0.3, 0.4) is 0 Å². The third-order valence-electron chi connectivity index (χ3n) is 4.15. The van der Waals surface area contributed by atoms with Crippen molar-refractivity contribution in [1.82, 2.24) is 0 Å². The minimum Gasteiger partial charge on any atom is -0.493 e. The summed E-state index contributed by atoms with van der Waals surface area (Å²) in [7, 11) is 3.19. The highest BCUT2D eigenvalue weighted by Gasteiger charge is 2.15. The first-order chi connectivity index (χ1) is 12.2. The molecule has 0 amide bonds. The number of hydrogen-bond acceptors (Lipinski definition) is 5. The van der Waals surface area contributed by atoms with Gasteiger partial charge in [0.2, 0.25) is 5.75 Å². The summed E-state index contributed by atoms with van der Waals surface area (Å²) in [6.07, 6.45) is 2.53. The van der Waals surface area contributed by atoms with E-state index in [1.54, 1.807) is 14.2 Å². The van der Waals surface area contributed by atoms with Gasteiger partial charge in [0.05, 0.1) is 20.8 Å². The van der Waals surface area contributed by atoms with E-state index in [4.69, 9.17) is 18.9 Å². The SMILES string of the molecule is COc1cc2cc(c1OC)Oc1ccc(cc1)CCC(=O)OCCC2. The molecule has 0 aromatic heterocycles. The first-order valence-electron chi connectivity index (χ1n) is 8.37. The van der Waals surface area contributed by atoms with Crippen LogP contribution in [0, 0.1) is 0 Å². The van der Waals surface area contributed by atoms with Crippen molar-refractivity contribution in [2.75, 3.05) is 20.8 Å². The van der Waals surface area contributed by atoms with Gasteiger partial charge in [0.25, 0.3) is 0 Å². The van der Waals surface area contributed by atoms with Gasteiger partial charge >= 0.3 is 5.97 Å². The van der Waals surface area contributed by atoms with Gasteiger partial charge in [0.1, 0.15) is 5.75 Å². The molecule has 2 aromatic rings. The van der Waals surface area contributed by atoms with Crippen molar-refractivity contribution in [3.8, 4) is 23.0 Å². The van der Waals surface area contributed by atoms with Crippen LogP contribution in [-0.2, 0) is 22.4 Å². The number of rotatable bonds is 2. The highest BCUT2D eigenvalue weighted by atomic mass is 16.5. The zero-order valence-corrected chi connectivity index (χ0v) is 14.5. The molecule has 0 N–H and O–H groups in total. The van der Waals surface area contributed by atoms with Gasteiger partial charge in [-0.3, -0.25) is 4.79 Å². The number of benzene rings is 2. The van der Waals surface area contributed by atoms with Crippen LogP contribution in [-0.4, -0.2) is 26.8 Å². The Morgan fingerprint density at radius 1 is 0.920 bits per heavy atom. The Kier molecular flexibility index (Phi) is 5.43. The minimum absolute atomic E-state index is 0.164. The van der Waals surface area contributed by atoms with Crippen molar-refractivity contribution < 1.29 is 23.7 Å². The maximum absolute atomic E-state index is 11.8. The molecule has 2 aliphatic rings. The van der Waals surface area contributed by atoms with Crippen LogP contribution in [0.1, 0.15) is 24.0 Å². The second-order valence-corrected chi connectivity index (χ2v) is 5.90. The third kappa shape index (κ3) is 4.24. The van der Waals surface area contributed by atoms with E-state index in [2.05, 4.69) is 0 Å². The quantitative estimate of drug-likeness (QED) is 0.774. The minimum atomic E-state index is -0.164. The predicted molar refractivity (Wildman–Crippen MR) is 93.7 cm³/mol. The van der Waals surface area contributed by atoms with Crippen molar-refractivity contribution in [3.05, 3.63) is 47.5 Å². The molecular weight excluding hydrogens is 320 g/mol. The van der Waals surface area contributed by atoms with Crippen LogP contribution in [0.25, 0.3) is 0 Å². The number of aryl methyl sites for hydroxylation is 2. The molecule has 0 spiro atoms. The first-order valence-corrected chi connectivity index (χ1v) is 8.37. The van der Waals surface area contributed by atoms with Crippen molar-refractivity contribution in [2.45, 2.75) is 25.7 Å². The van der Waals surface area contributed by atoms with E-state index in [1.807, 2.05) is 36.4 Å². The van der Waals surface area contributed by atoms with Crippen LogP contribution in [0.4, 0.5) is 0 Å². The number of fused-ring (bicyclic) bond motifs is 8. The monoisotopic (exact) mass is 342 g/mol. The average molecular weight is 342 g/mol. The second-order valence-electron chi connectivity index (χ2n) is 5.90. The van der Waals surface area contributed by atoms with Crippen molar-refractivity contribution in [1.29, 1.82) is 0 Å². The summed E-state index contributed by atoms with van der Waals surface area (Å²) in [5.74, 6) is 2.33. The lowest BCUT2D eigenvalue weighted by Crippen LogP contribution is -2.07. The summed E-state index contributed by atoms with van der Waals surface area (Å²) >= 11 is 0. The molecule has 0 unspecified atom stereocenters. The fraction of sp³-hybridized carbons (Fsp3) is 0.350. The van der Waals surface area contributed by atoms with Gasteiger partial charge in [-0.05, 0) is 54.7 Å². The number of carbonyl (C=O) groups is 1. The van der Waals surface area contributed by atoms with E-state index in [-0.39, 0.29) is 5.97 Å². The standard InChI is InChI=1S/C20H22O5/c1-22-17-12-15-4-3-11-24-19(21)10-7-14-5-8-16(9-6-14)25-18(13-15)20(17)23-2/h5-6,8-9,12-13H,3-4,7,10-11H2,1-2H3. The lowest BCUT2D eigenvalue weighted by Gasteiger charge is -2.16. The molecule has 0 aliphatic carbocycles. The van der Waals surface area contributed by atoms with E-state index >= 15 is 0 Å². The predicted octanol–water partition coefficient (Wildman–Crippen LogP) is 3.92. The number of hydrogen-bond donors (Lipinski definition) is 0. The van der Waals surface area contributed by atoms with Crippen LogP contribution in [0.2, 0.25) is 0 Å². The molecule has 0 atom stereocenters. The Morgan fingerprint density at radius 3 is 2.44 bits per heavy atom. The molecular formula is C20H22O5. The topological polar surface area (TPSA) is 54.0 Å². The fourth-order valence-corrected chi connectivity index (χ4v) is 2.84. The molecule has 0 saturated heterocycles. The van der Waals surface area contributed by atoms with Gasteiger partial charge in [-0.15, -0.1) is 0 Å². The Morgan fingerprint density at radius 2 is 1.72 bits per heavy atom. The molecule has 0 fully saturated rings. The highest BCUT2D eigenvalue weighted by Crippen LogP contribution is 2.41. The fourth-order valence-electron chi connectivity index (χ4n) is 2.84. The summed E-state index contributed by atoms with van der Waals surface area (Å²) in [5, 5.41) is 0. The number of methoxy groups -OCH3 is 2. The van der Waals surface area contributed by atoms with Crippen LogP contribution in [0.5, 0.6) is 23.0 Å². The smallest absolute Gasteiger partial charge is 0.306 e. The largest absolute Gasteiger partial charge is 0.493 e. The first kappa shape index (κ1) is 17.1. The molecule has 0 radical (unpaired) electrons. The zero-order valence-electron chi connectivity index (χ0n) is 14.5. The average Bonchev–Trinajstić information content (AvgIpc) is 2.64. The molecule has 5 nitrogen and oxygen atoms in total. The molecule has 4 rings (SSSR count). The van der Waals surface area contributed by atoms with E-state index in [9.17, 15) is 4.79 Å². The summed E-state index contributed by atoms with van der Waals surface area (Å²) < 4.78 is 22.2. The highest BCUT2D eigenvalue weighted by molar-refractivity contribution is 5.69. The molecule has 25 heavy (non-hydrogen) atoms. The zero-order chi connectivity index (χ0) is 17.6. The van der Waals surface area contributed by atoms with Gasteiger partial charge in [-0.1, -0.05) is 12.1 Å². The van der Waals surface area contributed by atoms with Gasteiger partial charge < -0.3 is 18.9 Å². The van der Waals surface area contributed by atoms with Gasteiger partial charge in [0.15, 0.2) is 11.5 Å².